The SMILES string of the molecule is O=C(c1cn(CC=Cc2ccccc2)nn1)N(CCO)Cc1ccccc1. The molecule has 1 heterocycles. The first-order valence-electron chi connectivity index (χ1n) is 8.82. The summed E-state index contributed by atoms with van der Waals surface area (Å²) in [6.45, 7) is 1.08. The van der Waals surface area contributed by atoms with E-state index in [9.17, 15) is 9.90 Å². The van der Waals surface area contributed by atoms with Gasteiger partial charge in [-0.05, 0) is 11.1 Å². The number of benzene rings is 2. The summed E-state index contributed by atoms with van der Waals surface area (Å²) in [5.41, 5.74) is 2.37. The highest BCUT2D eigenvalue weighted by Crippen LogP contribution is 2.08. The van der Waals surface area contributed by atoms with E-state index in [0.717, 1.165) is 11.1 Å². The number of amides is 1. The van der Waals surface area contributed by atoms with E-state index < -0.39 is 0 Å². The van der Waals surface area contributed by atoms with E-state index >= 15 is 0 Å². The van der Waals surface area contributed by atoms with Crippen LogP contribution in [0.1, 0.15) is 21.6 Å². The van der Waals surface area contributed by atoms with Crippen LogP contribution in [0.3, 0.4) is 0 Å². The number of hydrogen-bond donors (Lipinski definition) is 1. The fraction of sp³-hybridized carbons (Fsp3) is 0.190. The zero-order chi connectivity index (χ0) is 18.9. The molecule has 0 radical (unpaired) electrons. The fourth-order valence-corrected chi connectivity index (χ4v) is 2.69. The maximum Gasteiger partial charge on any atom is 0.276 e. The third-order valence-corrected chi connectivity index (χ3v) is 4.03. The topological polar surface area (TPSA) is 71.2 Å². The van der Waals surface area contributed by atoms with Crippen molar-refractivity contribution in [2.24, 2.45) is 0 Å². The van der Waals surface area contributed by atoms with Crippen LogP contribution in [0.5, 0.6) is 0 Å². The van der Waals surface area contributed by atoms with E-state index in [1.165, 1.54) is 0 Å². The molecule has 1 amide bonds. The Bertz CT molecular complexity index is 875. The molecule has 0 fully saturated rings. The summed E-state index contributed by atoms with van der Waals surface area (Å²) >= 11 is 0. The summed E-state index contributed by atoms with van der Waals surface area (Å²) in [6.07, 6.45) is 5.59. The van der Waals surface area contributed by atoms with Gasteiger partial charge in [0, 0.05) is 13.1 Å². The van der Waals surface area contributed by atoms with Crippen molar-refractivity contribution in [2.45, 2.75) is 13.1 Å². The van der Waals surface area contributed by atoms with Gasteiger partial charge in [0.2, 0.25) is 0 Å². The van der Waals surface area contributed by atoms with Gasteiger partial charge in [-0.2, -0.15) is 0 Å². The van der Waals surface area contributed by atoms with Crippen LogP contribution in [0.25, 0.3) is 6.08 Å². The summed E-state index contributed by atoms with van der Waals surface area (Å²) < 4.78 is 1.62. The molecule has 1 N–H and O–H groups in total. The van der Waals surface area contributed by atoms with Crippen LogP contribution < -0.4 is 0 Å². The van der Waals surface area contributed by atoms with Crippen LogP contribution in [0.15, 0.2) is 72.9 Å². The number of aliphatic hydroxyl groups excluding tert-OH is 1. The molecule has 0 aliphatic heterocycles. The molecule has 0 spiro atoms. The van der Waals surface area contributed by atoms with E-state index in [1.54, 1.807) is 15.8 Å². The van der Waals surface area contributed by atoms with Crippen LogP contribution >= 0.6 is 0 Å². The van der Waals surface area contributed by atoms with Gasteiger partial charge >= 0.3 is 0 Å². The summed E-state index contributed by atoms with van der Waals surface area (Å²) in [4.78, 5) is 14.3. The second kappa shape index (κ2) is 9.45. The summed E-state index contributed by atoms with van der Waals surface area (Å²) in [7, 11) is 0. The van der Waals surface area contributed by atoms with Crippen LogP contribution in [0.2, 0.25) is 0 Å². The molecule has 3 rings (SSSR count). The Balaban J connectivity index is 1.64. The second-order valence-corrected chi connectivity index (χ2v) is 6.07. The number of allylic oxidation sites excluding steroid dienone is 1. The molecule has 138 valence electrons. The quantitative estimate of drug-likeness (QED) is 0.669. The van der Waals surface area contributed by atoms with Crippen LogP contribution in [0, 0.1) is 0 Å². The van der Waals surface area contributed by atoms with Gasteiger partial charge in [-0.15, -0.1) is 5.10 Å². The first-order chi connectivity index (χ1) is 13.3. The molecule has 0 saturated carbocycles. The number of aromatic nitrogens is 3. The van der Waals surface area contributed by atoms with E-state index in [-0.39, 0.29) is 24.8 Å². The minimum Gasteiger partial charge on any atom is -0.395 e. The van der Waals surface area contributed by atoms with Crippen LogP contribution in [0.4, 0.5) is 0 Å². The Hall–Kier alpha value is -3.25. The lowest BCUT2D eigenvalue weighted by molar-refractivity contribution is 0.0702. The highest BCUT2D eigenvalue weighted by Gasteiger charge is 2.19. The molecular weight excluding hydrogens is 340 g/mol. The third kappa shape index (κ3) is 5.36. The molecule has 0 aliphatic carbocycles. The molecule has 0 saturated heterocycles. The average molecular weight is 362 g/mol. The highest BCUT2D eigenvalue weighted by molar-refractivity contribution is 5.91. The number of rotatable bonds is 8. The minimum atomic E-state index is -0.244. The van der Waals surface area contributed by atoms with Crippen molar-refractivity contribution in [3.05, 3.63) is 89.8 Å². The monoisotopic (exact) mass is 362 g/mol. The van der Waals surface area contributed by atoms with Crippen molar-refractivity contribution in [3.8, 4) is 0 Å². The lowest BCUT2D eigenvalue weighted by Crippen LogP contribution is -2.33. The van der Waals surface area contributed by atoms with Crippen LogP contribution in [-0.4, -0.2) is 44.1 Å². The van der Waals surface area contributed by atoms with Crippen molar-refractivity contribution < 1.29 is 9.90 Å². The third-order valence-electron chi connectivity index (χ3n) is 4.03. The van der Waals surface area contributed by atoms with Gasteiger partial charge in [-0.25, -0.2) is 4.68 Å². The first-order valence-corrected chi connectivity index (χ1v) is 8.82. The van der Waals surface area contributed by atoms with Crippen molar-refractivity contribution >= 4 is 12.0 Å². The normalized spacial score (nSPS) is 11.0. The number of carbonyl (C=O) groups excluding carboxylic acids is 1. The molecule has 2 aromatic carbocycles. The smallest absolute Gasteiger partial charge is 0.276 e. The van der Waals surface area contributed by atoms with Crippen molar-refractivity contribution in [1.82, 2.24) is 19.9 Å². The van der Waals surface area contributed by atoms with Gasteiger partial charge in [0.05, 0.1) is 19.3 Å². The van der Waals surface area contributed by atoms with Crippen molar-refractivity contribution in [3.63, 3.8) is 0 Å². The predicted molar refractivity (Wildman–Crippen MR) is 104 cm³/mol. The maximum absolute atomic E-state index is 12.7. The largest absolute Gasteiger partial charge is 0.395 e. The van der Waals surface area contributed by atoms with E-state index in [0.29, 0.717) is 13.1 Å². The zero-order valence-corrected chi connectivity index (χ0v) is 15.0. The van der Waals surface area contributed by atoms with E-state index in [4.69, 9.17) is 0 Å². The Morgan fingerprint density at radius 1 is 1.07 bits per heavy atom. The van der Waals surface area contributed by atoms with E-state index in [1.807, 2.05) is 72.8 Å². The molecule has 0 bridgehead atoms. The highest BCUT2D eigenvalue weighted by atomic mass is 16.3. The predicted octanol–water partition coefficient (Wildman–Crippen LogP) is 2.63. The summed E-state index contributed by atoms with van der Waals surface area (Å²) in [6, 6.07) is 19.6. The number of nitrogens with zero attached hydrogens (tertiary/aromatic N) is 4. The van der Waals surface area contributed by atoms with E-state index in [2.05, 4.69) is 10.3 Å². The van der Waals surface area contributed by atoms with Crippen molar-refractivity contribution in [1.29, 1.82) is 0 Å². The minimum absolute atomic E-state index is 0.105. The Morgan fingerprint density at radius 3 is 2.48 bits per heavy atom. The van der Waals surface area contributed by atoms with Crippen LogP contribution in [-0.2, 0) is 13.1 Å². The molecule has 0 atom stereocenters. The fourth-order valence-electron chi connectivity index (χ4n) is 2.69. The zero-order valence-electron chi connectivity index (χ0n) is 15.0. The molecule has 1 aromatic heterocycles. The molecular formula is C21H22N4O2. The molecule has 6 heteroatoms. The number of hydrogen-bond acceptors (Lipinski definition) is 4. The van der Waals surface area contributed by atoms with Gasteiger partial charge in [-0.1, -0.05) is 78.0 Å². The number of aliphatic hydroxyl groups is 1. The molecule has 3 aromatic rings. The molecule has 0 aliphatic rings. The standard InChI is InChI=1S/C21H22N4O2/c26-15-14-24(16-19-10-5-2-6-11-19)21(27)20-17-25(23-22-20)13-7-12-18-8-3-1-4-9-18/h1-12,17,26H,13-16H2. The van der Waals surface area contributed by atoms with Gasteiger partial charge in [-0.3, -0.25) is 4.79 Å². The van der Waals surface area contributed by atoms with Gasteiger partial charge in [0.25, 0.3) is 5.91 Å². The first kappa shape index (κ1) is 18.5. The average Bonchev–Trinajstić information content (AvgIpc) is 3.18. The maximum atomic E-state index is 12.7. The Morgan fingerprint density at radius 2 is 1.78 bits per heavy atom. The lowest BCUT2D eigenvalue weighted by Gasteiger charge is -2.20. The van der Waals surface area contributed by atoms with Gasteiger partial charge < -0.3 is 10.0 Å². The summed E-state index contributed by atoms with van der Waals surface area (Å²) in [5.74, 6) is -0.244. The molecule has 0 unspecified atom stereocenters. The molecule has 27 heavy (non-hydrogen) atoms. The Kier molecular flexibility index (Phi) is 6.49. The summed E-state index contributed by atoms with van der Waals surface area (Å²) in [5, 5.41) is 17.3. The van der Waals surface area contributed by atoms with Gasteiger partial charge in [0.1, 0.15) is 0 Å². The van der Waals surface area contributed by atoms with Crippen molar-refractivity contribution in [2.75, 3.05) is 13.2 Å². The van der Waals surface area contributed by atoms with Gasteiger partial charge in [0.15, 0.2) is 5.69 Å². The molecule has 6 nitrogen and oxygen atoms in total. The number of carbonyl (C=O) groups is 1. The second-order valence-electron chi connectivity index (χ2n) is 6.07. The Labute approximate surface area is 158 Å². The lowest BCUT2D eigenvalue weighted by atomic mass is 10.2.